The summed E-state index contributed by atoms with van der Waals surface area (Å²) in [6.45, 7) is -0.0115. The molecule has 0 aliphatic carbocycles. The van der Waals surface area contributed by atoms with Crippen molar-refractivity contribution < 1.29 is 27.5 Å². The minimum atomic E-state index is -4.46. The lowest BCUT2D eigenvalue weighted by Gasteiger charge is -2.33. The molecule has 1 atom stereocenters. The number of ether oxygens (including phenoxy) is 1. The summed E-state index contributed by atoms with van der Waals surface area (Å²) in [6, 6.07) is 11.4. The van der Waals surface area contributed by atoms with E-state index < -0.39 is 23.8 Å². The predicted molar refractivity (Wildman–Crippen MR) is 97.8 cm³/mol. The van der Waals surface area contributed by atoms with Gasteiger partial charge in [-0.3, -0.25) is 9.59 Å². The van der Waals surface area contributed by atoms with Gasteiger partial charge in [-0.25, -0.2) is 0 Å². The number of halogens is 3. The van der Waals surface area contributed by atoms with Crippen molar-refractivity contribution in [2.45, 2.75) is 12.3 Å². The molecule has 0 fully saturated rings. The first-order chi connectivity index (χ1) is 13.3. The molecule has 0 spiro atoms. The first kappa shape index (κ1) is 19.5. The van der Waals surface area contributed by atoms with E-state index in [1.807, 2.05) is 0 Å². The molecule has 3 rings (SSSR count). The maximum Gasteiger partial charge on any atom is 0.416 e. The van der Waals surface area contributed by atoms with Crippen LogP contribution < -0.4 is 15.0 Å². The Balaban J connectivity index is 1.85. The zero-order chi connectivity index (χ0) is 20.3. The van der Waals surface area contributed by atoms with Gasteiger partial charge in [-0.2, -0.15) is 13.2 Å². The highest BCUT2D eigenvalue weighted by atomic mass is 19.4. The van der Waals surface area contributed by atoms with Crippen LogP contribution in [0, 0.1) is 0 Å². The van der Waals surface area contributed by atoms with E-state index >= 15 is 0 Å². The smallest absolute Gasteiger partial charge is 0.416 e. The average Bonchev–Trinajstić information content (AvgIpc) is 2.70. The summed E-state index contributed by atoms with van der Waals surface area (Å²) in [5.41, 5.74) is -0.0626. The maximum absolute atomic E-state index is 12.8. The number of hydrogen-bond donors (Lipinski definition) is 1. The van der Waals surface area contributed by atoms with Crippen LogP contribution in [-0.4, -0.2) is 31.5 Å². The van der Waals surface area contributed by atoms with Crippen molar-refractivity contribution in [3.05, 3.63) is 65.7 Å². The van der Waals surface area contributed by atoms with Gasteiger partial charge in [-0.05, 0) is 35.9 Å². The van der Waals surface area contributed by atoms with E-state index in [1.54, 1.807) is 24.3 Å². The number of benzene rings is 2. The third-order valence-electron chi connectivity index (χ3n) is 4.21. The Hall–Kier alpha value is -3.29. The number of alkyl halides is 3. The van der Waals surface area contributed by atoms with Crippen molar-refractivity contribution in [2.24, 2.45) is 0 Å². The van der Waals surface area contributed by atoms with Crippen LogP contribution in [0.5, 0.6) is 5.75 Å². The molecular formula is C20H17F3N2O3. The van der Waals surface area contributed by atoms with E-state index in [-0.39, 0.29) is 18.0 Å². The molecule has 146 valence electrons. The van der Waals surface area contributed by atoms with E-state index in [2.05, 4.69) is 5.32 Å². The summed E-state index contributed by atoms with van der Waals surface area (Å²) in [5.74, 6) is -0.473. The van der Waals surface area contributed by atoms with E-state index in [0.717, 1.165) is 12.1 Å². The summed E-state index contributed by atoms with van der Waals surface area (Å²) in [5, 5.41) is 2.48. The lowest BCUT2D eigenvalue weighted by atomic mass is 10.1. The second kappa shape index (κ2) is 7.75. The molecule has 0 bridgehead atoms. The number of para-hydroxylation sites is 2. The van der Waals surface area contributed by atoms with Gasteiger partial charge in [-0.1, -0.05) is 24.3 Å². The standard InChI is InChI=1S/C20H17F3N2O3/c1-24-19(27)17-12-25(15-7-2-3-8-16(15)28-17)18(26)10-9-13-5-4-6-14(11-13)20(21,22)23/h2-11,17H,12H2,1H3,(H,24,27)/b10-9+/t17-/m1/s1. The van der Waals surface area contributed by atoms with Crippen molar-refractivity contribution in [1.82, 2.24) is 5.32 Å². The highest BCUT2D eigenvalue weighted by Crippen LogP contribution is 2.33. The molecule has 0 radical (unpaired) electrons. The van der Waals surface area contributed by atoms with Gasteiger partial charge >= 0.3 is 6.18 Å². The average molecular weight is 390 g/mol. The molecular weight excluding hydrogens is 373 g/mol. The summed E-state index contributed by atoms with van der Waals surface area (Å²) < 4.78 is 44.1. The molecule has 0 unspecified atom stereocenters. The SMILES string of the molecule is CNC(=O)[C@H]1CN(C(=O)/C=C/c2cccc(C(F)(F)F)c2)c2ccccc2O1. The number of likely N-dealkylation sites (N-methyl/N-ethyl adjacent to an activating group) is 1. The minimum Gasteiger partial charge on any atom is -0.477 e. The number of nitrogens with one attached hydrogen (secondary N) is 1. The molecule has 1 aliphatic heterocycles. The zero-order valence-electron chi connectivity index (χ0n) is 14.9. The Bertz CT molecular complexity index is 925. The van der Waals surface area contributed by atoms with Crippen LogP contribution in [0.15, 0.2) is 54.6 Å². The van der Waals surface area contributed by atoms with Gasteiger partial charge in [0.25, 0.3) is 11.8 Å². The van der Waals surface area contributed by atoms with Gasteiger partial charge in [0, 0.05) is 13.1 Å². The first-order valence-electron chi connectivity index (χ1n) is 8.43. The van der Waals surface area contributed by atoms with Crippen LogP contribution in [0.25, 0.3) is 6.08 Å². The first-order valence-corrected chi connectivity index (χ1v) is 8.43. The van der Waals surface area contributed by atoms with Crippen LogP contribution >= 0.6 is 0 Å². The number of rotatable bonds is 3. The minimum absolute atomic E-state index is 0.0115. The van der Waals surface area contributed by atoms with Gasteiger partial charge in [0.15, 0.2) is 6.10 Å². The van der Waals surface area contributed by atoms with Gasteiger partial charge in [0.05, 0.1) is 17.8 Å². The van der Waals surface area contributed by atoms with Crippen molar-refractivity contribution >= 4 is 23.6 Å². The third-order valence-corrected chi connectivity index (χ3v) is 4.21. The zero-order valence-corrected chi connectivity index (χ0v) is 14.9. The molecule has 0 saturated carbocycles. The number of amides is 2. The highest BCUT2D eigenvalue weighted by Gasteiger charge is 2.33. The molecule has 1 heterocycles. The van der Waals surface area contributed by atoms with Gasteiger partial charge in [0.1, 0.15) is 5.75 Å². The molecule has 1 aliphatic rings. The summed E-state index contributed by atoms with van der Waals surface area (Å²) >= 11 is 0. The van der Waals surface area contributed by atoms with Crippen LogP contribution in [0.3, 0.4) is 0 Å². The number of anilines is 1. The summed E-state index contributed by atoms with van der Waals surface area (Å²) in [7, 11) is 1.46. The Labute approximate surface area is 159 Å². The number of carbonyl (C=O) groups is 2. The number of carbonyl (C=O) groups excluding carboxylic acids is 2. The molecule has 28 heavy (non-hydrogen) atoms. The predicted octanol–water partition coefficient (Wildman–Crippen LogP) is 3.26. The number of nitrogens with zero attached hydrogens (tertiary/aromatic N) is 1. The Morgan fingerprint density at radius 2 is 1.93 bits per heavy atom. The van der Waals surface area contributed by atoms with Crippen LogP contribution in [0.1, 0.15) is 11.1 Å². The number of hydrogen-bond acceptors (Lipinski definition) is 3. The second-order valence-electron chi connectivity index (χ2n) is 6.09. The normalized spacial score (nSPS) is 16.4. The third kappa shape index (κ3) is 4.16. The van der Waals surface area contributed by atoms with Gasteiger partial charge in [-0.15, -0.1) is 0 Å². The van der Waals surface area contributed by atoms with E-state index in [4.69, 9.17) is 4.74 Å². The molecule has 8 heteroatoms. The lowest BCUT2D eigenvalue weighted by Crippen LogP contribution is -2.49. The van der Waals surface area contributed by atoms with Gasteiger partial charge < -0.3 is 15.0 Å². The molecule has 1 N–H and O–H groups in total. The van der Waals surface area contributed by atoms with E-state index in [9.17, 15) is 22.8 Å². The van der Waals surface area contributed by atoms with Crippen molar-refractivity contribution in [3.8, 4) is 5.75 Å². The van der Waals surface area contributed by atoms with Crippen LogP contribution in [0.4, 0.5) is 18.9 Å². The summed E-state index contributed by atoms with van der Waals surface area (Å²) in [4.78, 5) is 26.0. The van der Waals surface area contributed by atoms with Gasteiger partial charge in [0.2, 0.25) is 0 Å². The molecule has 5 nitrogen and oxygen atoms in total. The Morgan fingerprint density at radius 3 is 2.64 bits per heavy atom. The molecule has 2 aromatic carbocycles. The Kier molecular flexibility index (Phi) is 5.39. The topological polar surface area (TPSA) is 58.6 Å². The Morgan fingerprint density at radius 1 is 1.18 bits per heavy atom. The quantitative estimate of drug-likeness (QED) is 0.819. The fraction of sp³-hybridized carbons (Fsp3) is 0.200. The monoisotopic (exact) mass is 390 g/mol. The molecule has 2 aromatic rings. The highest BCUT2D eigenvalue weighted by molar-refractivity contribution is 6.05. The van der Waals surface area contributed by atoms with Crippen molar-refractivity contribution in [2.75, 3.05) is 18.5 Å². The fourth-order valence-electron chi connectivity index (χ4n) is 2.82. The number of fused-ring (bicyclic) bond motifs is 1. The van der Waals surface area contributed by atoms with Crippen molar-refractivity contribution in [3.63, 3.8) is 0 Å². The van der Waals surface area contributed by atoms with E-state index in [1.165, 1.54) is 36.2 Å². The fourth-order valence-corrected chi connectivity index (χ4v) is 2.82. The second-order valence-corrected chi connectivity index (χ2v) is 6.09. The van der Waals surface area contributed by atoms with Crippen LogP contribution in [0.2, 0.25) is 0 Å². The molecule has 2 amide bonds. The summed E-state index contributed by atoms with van der Waals surface area (Å²) in [6.07, 6.45) is -2.85. The van der Waals surface area contributed by atoms with E-state index in [0.29, 0.717) is 11.4 Å². The maximum atomic E-state index is 12.8. The van der Waals surface area contributed by atoms with Crippen molar-refractivity contribution in [1.29, 1.82) is 0 Å². The molecule has 0 aromatic heterocycles. The van der Waals surface area contributed by atoms with Crippen LogP contribution in [-0.2, 0) is 15.8 Å². The lowest BCUT2D eigenvalue weighted by molar-refractivity contribution is -0.137. The largest absolute Gasteiger partial charge is 0.477 e. The molecule has 0 saturated heterocycles.